The average Bonchev–Trinajstić information content (AvgIpc) is 3.73. The Bertz CT molecular complexity index is 1930. The molecule has 0 aliphatic heterocycles. The Labute approximate surface area is 276 Å². The molecule has 0 saturated heterocycles. The molecule has 0 saturated carbocycles. The molecule has 0 atom stereocenters. The van der Waals surface area contributed by atoms with Crippen LogP contribution in [0.25, 0.3) is 12.2 Å². The summed E-state index contributed by atoms with van der Waals surface area (Å²) in [5, 5.41) is 20.0. The number of aromatic nitrogens is 5. The Morgan fingerprint density at radius 3 is 2.59 bits per heavy atom. The first kappa shape index (κ1) is 33.0. The number of rotatable bonds is 12. The highest BCUT2D eigenvalue weighted by atomic mass is 35.5. The van der Waals surface area contributed by atoms with Crippen molar-refractivity contribution in [3.63, 3.8) is 0 Å². The Kier molecular flexibility index (Phi) is 10.3. The van der Waals surface area contributed by atoms with Crippen molar-refractivity contribution < 1.29 is 17.9 Å². The number of tetrazole rings is 1. The minimum atomic E-state index is -3.47. The number of aryl methyl sites for hydroxylation is 1. The first-order valence-corrected chi connectivity index (χ1v) is 17.4. The van der Waals surface area contributed by atoms with Crippen LogP contribution < -0.4 is 10.1 Å². The van der Waals surface area contributed by atoms with Crippen LogP contribution in [-0.2, 0) is 28.3 Å². The number of H-pyrrole nitrogens is 1. The Morgan fingerprint density at radius 1 is 1.07 bits per heavy atom. The molecule has 5 rings (SSSR count). The molecule has 46 heavy (non-hydrogen) atoms. The lowest BCUT2D eigenvalue weighted by molar-refractivity contribution is 0.102. The van der Waals surface area contributed by atoms with Gasteiger partial charge in [-0.3, -0.25) is 4.79 Å². The van der Waals surface area contributed by atoms with Crippen molar-refractivity contribution in [2.45, 2.75) is 50.5 Å². The summed E-state index contributed by atoms with van der Waals surface area (Å²) < 4.78 is 31.5. The number of hydrogen-bond donors (Lipinski definition) is 2. The number of amides is 1. The van der Waals surface area contributed by atoms with Crippen molar-refractivity contribution >= 4 is 56.5 Å². The molecule has 0 aliphatic carbocycles. The maximum absolute atomic E-state index is 13.4. The molecule has 0 aliphatic rings. The molecular formula is C33H33ClN6O4S2. The predicted molar refractivity (Wildman–Crippen MR) is 181 cm³/mol. The zero-order valence-corrected chi connectivity index (χ0v) is 27.9. The number of ether oxygens (including phenoxy) is 1. The van der Waals surface area contributed by atoms with Gasteiger partial charge in [-0.1, -0.05) is 56.6 Å². The van der Waals surface area contributed by atoms with Crippen LogP contribution in [0.15, 0.2) is 77.0 Å². The number of carbonyl (C=O) groups is 1. The predicted octanol–water partition coefficient (Wildman–Crippen LogP) is 7.02. The summed E-state index contributed by atoms with van der Waals surface area (Å²) in [5.74, 6) is 0.472. The quantitative estimate of drug-likeness (QED) is 0.144. The Hall–Kier alpha value is -4.39. The highest BCUT2D eigenvalue weighted by Gasteiger charge is 2.18. The summed E-state index contributed by atoms with van der Waals surface area (Å²) in [4.78, 5) is 18.4. The van der Waals surface area contributed by atoms with Crippen molar-refractivity contribution in [3.8, 4) is 5.75 Å². The van der Waals surface area contributed by atoms with Gasteiger partial charge in [-0.2, -0.15) is 0 Å². The summed E-state index contributed by atoms with van der Waals surface area (Å²) in [6.07, 6.45) is 4.72. The van der Waals surface area contributed by atoms with Crippen LogP contribution in [0.1, 0.15) is 65.2 Å². The molecule has 13 heteroatoms. The van der Waals surface area contributed by atoms with Gasteiger partial charge in [-0.15, -0.1) is 16.4 Å². The maximum atomic E-state index is 13.4. The van der Waals surface area contributed by atoms with Crippen molar-refractivity contribution in [3.05, 3.63) is 110 Å². The molecule has 10 nitrogen and oxygen atoms in total. The van der Waals surface area contributed by atoms with Gasteiger partial charge in [0.05, 0.1) is 22.0 Å². The van der Waals surface area contributed by atoms with Crippen LogP contribution in [0.4, 0.5) is 5.69 Å². The molecule has 2 heterocycles. The third-order valence-corrected chi connectivity index (χ3v) is 9.83. The van der Waals surface area contributed by atoms with Crippen LogP contribution in [0.5, 0.6) is 5.75 Å². The van der Waals surface area contributed by atoms with E-state index in [1.54, 1.807) is 47.7 Å². The summed E-state index contributed by atoms with van der Waals surface area (Å²) in [5.41, 5.74) is 3.60. The third-order valence-electron chi connectivity index (χ3n) is 6.95. The lowest BCUT2D eigenvalue weighted by atomic mass is 9.93. The van der Waals surface area contributed by atoms with E-state index >= 15 is 0 Å². The van der Waals surface area contributed by atoms with Crippen LogP contribution in [0.3, 0.4) is 0 Å². The van der Waals surface area contributed by atoms with Gasteiger partial charge in [0.2, 0.25) is 0 Å². The minimum absolute atomic E-state index is 0.0265. The van der Waals surface area contributed by atoms with Gasteiger partial charge in [0, 0.05) is 21.4 Å². The lowest BCUT2D eigenvalue weighted by Gasteiger charge is -2.14. The van der Waals surface area contributed by atoms with E-state index in [9.17, 15) is 13.2 Å². The summed E-state index contributed by atoms with van der Waals surface area (Å²) >= 11 is 7.48. The number of hydrogen-bond acceptors (Lipinski definition) is 9. The molecule has 1 amide bonds. The Balaban J connectivity index is 1.30. The smallest absolute Gasteiger partial charge is 0.255 e. The molecule has 0 bridgehead atoms. The molecule has 238 valence electrons. The molecule has 5 aromatic rings. The molecule has 2 N–H and O–H groups in total. The van der Waals surface area contributed by atoms with Crippen molar-refractivity contribution in [1.29, 1.82) is 0 Å². The second-order valence-corrected chi connectivity index (χ2v) is 15.0. The Morgan fingerprint density at radius 2 is 1.87 bits per heavy atom. The molecule has 2 aromatic heterocycles. The van der Waals surface area contributed by atoms with Crippen LogP contribution in [-0.4, -0.2) is 45.7 Å². The van der Waals surface area contributed by atoms with Crippen LogP contribution >= 0.6 is 22.9 Å². The number of nitrogens with one attached hydrogen (secondary N) is 2. The van der Waals surface area contributed by atoms with Crippen molar-refractivity contribution in [2.75, 3.05) is 11.1 Å². The van der Waals surface area contributed by atoms with E-state index in [0.29, 0.717) is 40.7 Å². The monoisotopic (exact) mass is 676 g/mol. The minimum Gasteiger partial charge on any atom is -0.483 e. The van der Waals surface area contributed by atoms with Crippen LogP contribution in [0.2, 0.25) is 5.02 Å². The molecule has 0 fully saturated rings. The highest BCUT2D eigenvalue weighted by Crippen LogP contribution is 2.29. The largest absolute Gasteiger partial charge is 0.483 e. The molecular weight excluding hydrogens is 644 g/mol. The highest BCUT2D eigenvalue weighted by molar-refractivity contribution is 7.91. The number of sulfone groups is 1. The fraction of sp³-hybridized carbons (Fsp3) is 0.242. The van der Waals surface area contributed by atoms with E-state index in [1.165, 1.54) is 12.1 Å². The van der Waals surface area contributed by atoms with E-state index in [1.807, 2.05) is 30.4 Å². The number of thiazole rings is 1. The van der Waals surface area contributed by atoms with E-state index < -0.39 is 9.84 Å². The van der Waals surface area contributed by atoms with Gasteiger partial charge in [-0.05, 0) is 89.0 Å². The first-order valence-electron chi connectivity index (χ1n) is 14.5. The van der Waals surface area contributed by atoms with E-state index in [0.717, 1.165) is 21.8 Å². The van der Waals surface area contributed by atoms with Gasteiger partial charge >= 0.3 is 0 Å². The summed E-state index contributed by atoms with van der Waals surface area (Å²) in [6, 6.07) is 18.8. The molecule has 0 radical (unpaired) electrons. The first-order chi connectivity index (χ1) is 22.0. The fourth-order valence-electron chi connectivity index (χ4n) is 4.42. The maximum Gasteiger partial charge on any atom is 0.255 e. The number of anilines is 1. The fourth-order valence-corrected chi connectivity index (χ4v) is 6.80. The summed E-state index contributed by atoms with van der Waals surface area (Å²) in [7, 11) is -3.47. The topological polar surface area (TPSA) is 140 Å². The summed E-state index contributed by atoms with van der Waals surface area (Å²) in [6.45, 7) is 6.44. The van der Waals surface area contributed by atoms with Gasteiger partial charge in [0.1, 0.15) is 17.4 Å². The zero-order chi connectivity index (χ0) is 32.7. The third kappa shape index (κ3) is 8.87. The lowest BCUT2D eigenvalue weighted by Crippen LogP contribution is -2.14. The number of carbonyl (C=O) groups excluding carboxylic acids is 1. The van der Waals surface area contributed by atoms with Crippen LogP contribution in [0, 0.1) is 0 Å². The SMILES string of the molecule is CC(C)(C)c1csc(/C=C/c2cccc(C(=O)Nc3cc(CCCS(=O)(=O)c4ccc(Cl)cc4)ccc3OCc3nnn[nH]3)c2)n1. The zero-order valence-electron chi connectivity index (χ0n) is 25.5. The second-order valence-electron chi connectivity index (χ2n) is 11.6. The van der Waals surface area contributed by atoms with Gasteiger partial charge in [0.25, 0.3) is 5.91 Å². The standard InChI is InChI=1S/C33H33ClN6O4S2/c1-33(2,3)29-21-45-31(36-29)16-10-22-6-4-8-24(18-22)32(41)35-27-19-23(9-15-28(27)44-20-30-37-39-40-38-30)7-5-17-46(42,43)26-13-11-25(34)12-14-26/h4,6,8-16,18-19,21H,5,7,17,20H2,1-3H3,(H,35,41)(H,37,38,39,40)/b16-10+. The number of aromatic amines is 1. The molecule has 3 aromatic carbocycles. The molecule has 0 unspecified atom stereocenters. The molecule has 0 spiro atoms. The van der Waals surface area contributed by atoms with Crippen molar-refractivity contribution in [1.82, 2.24) is 25.6 Å². The van der Waals surface area contributed by atoms with E-state index in [2.05, 4.69) is 52.1 Å². The second kappa shape index (κ2) is 14.4. The van der Waals surface area contributed by atoms with Crippen molar-refractivity contribution in [2.24, 2.45) is 0 Å². The van der Waals surface area contributed by atoms with E-state index in [4.69, 9.17) is 21.3 Å². The van der Waals surface area contributed by atoms with Gasteiger partial charge in [0.15, 0.2) is 15.7 Å². The van der Waals surface area contributed by atoms with E-state index in [-0.39, 0.29) is 28.6 Å². The normalized spacial score (nSPS) is 12.0. The van der Waals surface area contributed by atoms with Gasteiger partial charge < -0.3 is 10.1 Å². The number of nitrogens with zero attached hydrogens (tertiary/aromatic N) is 4. The number of halogens is 1. The average molecular weight is 677 g/mol. The van der Waals surface area contributed by atoms with Gasteiger partial charge in [-0.25, -0.2) is 18.5 Å². The number of benzene rings is 3.